The van der Waals surface area contributed by atoms with Crippen LogP contribution in [0.5, 0.6) is 5.75 Å². The van der Waals surface area contributed by atoms with Gasteiger partial charge in [-0.2, -0.15) is 0 Å². The van der Waals surface area contributed by atoms with Gasteiger partial charge in [-0.3, -0.25) is 10.2 Å². The molecule has 1 saturated carbocycles. The highest BCUT2D eigenvalue weighted by molar-refractivity contribution is 7.10. The smallest absolute Gasteiger partial charge is 0.257 e. The van der Waals surface area contributed by atoms with E-state index in [1.54, 1.807) is 29.8 Å². The Hall–Kier alpha value is -4.59. The molecule has 40 heavy (non-hydrogen) atoms. The molecule has 1 aliphatic carbocycles. The van der Waals surface area contributed by atoms with E-state index in [1.165, 1.54) is 25.0 Å². The van der Waals surface area contributed by atoms with E-state index in [0.717, 1.165) is 21.9 Å². The zero-order chi connectivity index (χ0) is 27.3. The first-order chi connectivity index (χ1) is 19.6. The summed E-state index contributed by atoms with van der Waals surface area (Å²) in [6.45, 7) is 1.17. The molecule has 1 aromatic heterocycles. The number of carbonyl (C=O) groups is 1. The number of ether oxygens (including phenoxy) is 1. The normalized spacial score (nSPS) is 16.6. The van der Waals surface area contributed by atoms with Crippen LogP contribution < -0.4 is 21.0 Å². The Balaban J connectivity index is 1.05. The number of anilines is 1. The fourth-order valence-corrected chi connectivity index (χ4v) is 5.22. The summed E-state index contributed by atoms with van der Waals surface area (Å²) in [5.41, 5.74) is 10.5. The lowest BCUT2D eigenvalue weighted by atomic mass is 9.83. The molecular weight excluding hydrogens is 522 g/mol. The number of aromatic nitrogens is 1. The number of carbonyl (C=O) groups excluding carboxylic acids is 1. The summed E-state index contributed by atoms with van der Waals surface area (Å²) in [4.78, 5) is 19.6. The van der Waals surface area contributed by atoms with Gasteiger partial charge in [-0.1, -0.05) is 42.7 Å². The van der Waals surface area contributed by atoms with Crippen molar-refractivity contribution < 1.29 is 9.53 Å². The van der Waals surface area contributed by atoms with Crippen LogP contribution in [0.15, 0.2) is 82.9 Å². The van der Waals surface area contributed by atoms with E-state index in [1.807, 2.05) is 65.6 Å². The number of guanidine groups is 1. The Labute approximate surface area is 237 Å². The summed E-state index contributed by atoms with van der Waals surface area (Å²) >= 11 is 1.59. The molecule has 6 rings (SSSR count). The number of thiazole rings is 1. The number of hydrazine groups is 2. The van der Waals surface area contributed by atoms with Gasteiger partial charge in [0.25, 0.3) is 5.91 Å². The maximum Gasteiger partial charge on any atom is 0.257 e. The molecule has 1 amide bonds. The number of rotatable bonds is 6. The van der Waals surface area contributed by atoms with Crippen molar-refractivity contribution in [3.63, 3.8) is 0 Å². The third-order valence-corrected chi connectivity index (χ3v) is 7.70. The van der Waals surface area contributed by atoms with Crippen LogP contribution in [0.3, 0.4) is 0 Å². The van der Waals surface area contributed by atoms with Crippen molar-refractivity contribution in [3.8, 4) is 17.6 Å². The Kier molecular flexibility index (Phi) is 7.48. The third-order valence-electron chi connectivity index (χ3n) is 6.92. The van der Waals surface area contributed by atoms with E-state index in [4.69, 9.17) is 4.74 Å². The molecule has 9 nitrogen and oxygen atoms in total. The van der Waals surface area contributed by atoms with E-state index in [0.29, 0.717) is 36.2 Å². The van der Waals surface area contributed by atoms with Crippen LogP contribution >= 0.6 is 11.3 Å². The average molecular weight is 552 g/mol. The quantitative estimate of drug-likeness (QED) is 0.393. The molecule has 202 valence electrons. The summed E-state index contributed by atoms with van der Waals surface area (Å²) in [7, 11) is 1.65. The van der Waals surface area contributed by atoms with Crippen LogP contribution in [0.25, 0.3) is 0 Å². The molecular formula is C30H29N7O2S. The Bertz CT molecular complexity index is 1540. The van der Waals surface area contributed by atoms with E-state index in [9.17, 15) is 4.79 Å². The fraction of sp³-hybridized carbons (Fsp3) is 0.233. The largest absolute Gasteiger partial charge is 0.497 e. The van der Waals surface area contributed by atoms with Gasteiger partial charge in [-0.15, -0.1) is 21.6 Å². The topological polar surface area (TPSA) is 94.1 Å². The molecule has 3 aliphatic rings. The van der Waals surface area contributed by atoms with Crippen LogP contribution in [-0.2, 0) is 11.3 Å². The molecule has 0 unspecified atom stereocenters. The van der Waals surface area contributed by atoms with Crippen molar-refractivity contribution in [1.82, 2.24) is 26.0 Å². The van der Waals surface area contributed by atoms with Crippen molar-refractivity contribution in [2.45, 2.75) is 31.7 Å². The lowest BCUT2D eigenvalue weighted by Crippen LogP contribution is -2.45. The number of hydrogen-bond donors (Lipinski definition) is 3. The van der Waals surface area contributed by atoms with Crippen LogP contribution in [0.2, 0.25) is 0 Å². The number of amides is 1. The Morgan fingerprint density at radius 3 is 2.88 bits per heavy atom. The van der Waals surface area contributed by atoms with E-state index < -0.39 is 0 Å². The number of benzene rings is 2. The fourth-order valence-electron chi connectivity index (χ4n) is 4.47. The van der Waals surface area contributed by atoms with Gasteiger partial charge in [0.1, 0.15) is 5.75 Å². The minimum absolute atomic E-state index is 0.210. The van der Waals surface area contributed by atoms with Crippen LogP contribution in [0.4, 0.5) is 5.69 Å². The number of nitrogens with zero attached hydrogens (tertiary/aromatic N) is 4. The summed E-state index contributed by atoms with van der Waals surface area (Å²) in [5.74, 6) is 8.16. The molecule has 10 heteroatoms. The zero-order valence-electron chi connectivity index (χ0n) is 22.1. The standard InChI is InChI=1S/C30H29N7O2S/c1-39-26-13-10-22(11-14-26)18-37-34-30(33-35-37)36-16-4-8-24(19-36)29(38)31-25-9-2-5-21(17-25)12-15-28-32-27(20-40-28)23-6-3-7-23/h2,4-5,8-11,13-14,17,19-20,23,35H,3,6-7,16,18H2,1H3,(H,31,38)(H,33,34). The first kappa shape index (κ1) is 25.7. The molecule has 2 aromatic carbocycles. The van der Waals surface area contributed by atoms with Gasteiger partial charge in [0.15, 0.2) is 5.01 Å². The van der Waals surface area contributed by atoms with Crippen molar-refractivity contribution >= 4 is 28.9 Å². The summed E-state index contributed by atoms with van der Waals surface area (Å²) in [6.07, 6.45) is 9.28. The zero-order valence-corrected chi connectivity index (χ0v) is 22.9. The lowest BCUT2D eigenvalue weighted by Gasteiger charge is -2.23. The van der Waals surface area contributed by atoms with Crippen LogP contribution in [0, 0.1) is 11.8 Å². The second-order valence-corrected chi connectivity index (χ2v) is 10.6. The predicted octanol–water partition coefficient (Wildman–Crippen LogP) is 4.31. The van der Waals surface area contributed by atoms with Crippen molar-refractivity contribution in [2.24, 2.45) is 5.10 Å². The molecule has 0 saturated heterocycles. The second kappa shape index (κ2) is 11.7. The minimum atomic E-state index is -0.210. The molecule has 2 aliphatic heterocycles. The van der Waals surface area contributed by atoms with Crippen LogP contribution in [0.1, 0.15) is 47.0 Å². The van der Waals surface area contributed by atoms with Crippen molar-refractivity contribution in [2.75, 3.05) is 19.0 Å². The number of methoxy groups -OCH3 is 1. The maximum atomic E-state index is 13.1. The Morgan fingerprint density at radius 2 is 2.08 bits per heavy atom. The number of nitrogens with one attached hydrogen (secondary N) is 3. The van der Waals surface area contributed by atoms with Crippen molar-refractivity contribution in [1.29, 1.82) is 0 Å². The van der Waals surface area contributed by atoms with Gasteiger partial charge in [0.2, 0.25) is 5.96 Å². The van der Waals surface area contributed by atoms with Gasteiger partial charge < -0.3 is 15.0 Å². The van der Waals surface area contributed by atoms with Crippen LogP contribution in [-0.4, -0.2) is 40.5 Å². The minimum Gasteiger partial charge on any atom is -0.497 e. The van der Waals surface area contributed by atoms with E-state index in [2.05, 4.69) is 43.6 Å². The predicted molar refractivity (Wildman–Crippen MR) is 156 cm³/mol. The maximum absolute atomic E-state index is 13.1. The monoisotopic (exact) mass is 551 g/mol. The van der Waals surface area contributed by atoms with E-state index in [-0.39, 0.29) is 5.91 Å². The molecule has 1 fully saturated rings. The Morgan fingerprint density at radius 1 is 1.20 bits per heavy atom. The van der Waals surface area contributed by atoms with Gasteiger partial charge >= 0.3 is 0 Å². The van der Waals surface area contributed by atoms with Gasteiger partial charge in [-0.25, -0.2) is 10.5 Å². The number of hydrogen-bond acceptors (Lipinski definition) is 9. The van der Waals surface area contributed by atoms with Gasteiger partial charge in [0, 0.05) is 35.3 Å². The summed E-state index contributed by atoms with van der Waals surface area (Å²) in [5, 5.41) is 12.1. The molecule has 3 N–H and O–H groups in total. The molecule has 0 atom stereocenters. The second-order valence-electron chi connectivity index (χ2n) is 9.71. The highest BCUT2D eigenvalue weighted by atomic mass is 32.1. The van der Waals surface area contributed by atoms with E-state index >= 15 is 0 Å². The molecule has 0 spiro atoms. The van der Waals surface area contributed by atoms with Crippen molar-refractivity contribution in [3.05, 3.63) is 99.7 Å². The SMILES string of the molecule is COc1ccc(CN2NN=C(N3C=C(C(=O)Nc4cccc(C#Cc5nc(C6CCC6)cs5)c4)C=CC3)N2)cc1. The average Bonchev–Trinajstić information content (AvgIpc) is 3.62. The molecule has 3 heterocycles. The summed E-state index contributed by atoms with van der Waals surface area (Å²) in [6, 6.07) is 15.4. The summed E-state index contributed by atoms with van der Waals surface area (Å²) < 4.78 is 5.22. The number of hydrazone groups is 1. The third kappa shape index (κ3) is 6.01. The molecule has 3 aromatic rings. The van der Waals surface area contributed by atoms with Gasteiger partial charge in [0.05, 0.1) is 24.9 Å². The first-order valence-electron chi connectivity index (χ1n) is 13.2. The highest BCUT2D eigenvalue weighted by Crippen LogP contribution is 2.36. The molecule has 0 bridgehead atoms. The highest BCUT2D eigenvalue weighted by Gasteiger charge is 2.23. The lowest BCUT2D eigenvalue weighted by molar-refractivity contribution is -0.112. The first-order valence-corrected chi connectivity index (χ1v) is 14.1. The molecule has 0 radical (unpaired) electrons. The van der Waals surface area contributed by atoms with Gasteiger partial charge in [-0.05, 0) is 54.7 Å².